The number of hydrogen-bond donors (Lipinski definition) is 3. The largest absolute Gasteiger partial charge is 0.386 e. The fourth-order valence-electron chi connectivity index (χ4n) is 5.54. The molecule has 212 valence electrons. The van der Waals surface area contributed by atoms with E-state index in [4.69, 9.17) is 0 Å². The molecule has 2 fully saturated rings. The third-order valence-electron chi connectivity index (χ3n) is 8.26. The van der Waals surface area contributed by atoms with E-state index in [2.05, 4.69) is 56.4 Å². The van der Waals surface area contributed by atoms with Crippen molar-refractivity contribution in [3.8, 4) is 0 Å². The van der Waals surface area contributed by atoms with Crippen LogP contribution in [0.15, 0.2) is 67.0 Å². The lowest BCUT2D eigenvalue weighted by molar-refractivity contribution is 0.0254. The Morgan fingerprint density at radius 1 is 0.950 bits per heavy atom. The normalized spacial score (nSPS) is 21.1. The van der Waals surface area contributed by atoms with Gasteiger partial charge in [0.15, 0.2) is 0 Å². The van der Waals surface area contributed by atoms with Crippen molar-refractivity contribution in [2.45, 2.75) is 58.2 Å². The summed E-state index contributed by atoms with van der Waals surface area (Å²) in [4.78, 5) is 26.3. The number of aliphatic hydroxyl groups is 1. The lowest BCUT2D eigenvalue weighted by atomic mass is 9.82. The summed E-state index contributed by atoms with van der Waals surface area (Å²) < 4.78 is 0. The molecule has 0 bridgehead atoms. The first-order valence-corrected chi connectivity index (χ1v) is 14.4. The molecular formula is C32H42N6O2. The zero-order chi connectivity index (χ0) is 28.0. The van der Waals surface area contributed by atoms with Gasteiger partial charge in [-0.1, -0.05) is 56.3 Å². The lowest BCUT2D eigenvalue weighted by Crippen LogP contribution is -2.54. The third-order valence-corrected chi connectivity index (χ3v) is 8.26. The smallest absolute Gasteiger partial charge is 0.251 e. The Hall–Kier alpha value is -3.49. The molecule has 2 aliphatic heterocycles. The maximum Gasteiger partial charge on any atom is 0.251 e. The summed E-state index contributed by atoms with van der Waals surface area (Å²) in [5.41, 5.74) is 2.42. The van der Waals surface area contributed by atoms with Crippen molar-refractivity contribution in [3.63, 3.8) is 0 Å². The Labute approximate surface area is 237 Å². The standard InChI is InChI=1S/C32H42N6O2/c1-31(2)14-17-37(18-15-31)21-26-9-11-27(12-10-26)30(39)34-22-32(40)13-6-16-38(23-32)29-19-28(35-24-36-29)33-20-25-7-4-3-5-8-25/h3-5,7-12,19,24,40H,6,13-18,20-23H2,1-2H3,(H,34,39)(H,33,35,36)/t32-/m1/s1. The Morgan fingerprint density at radius 2 is 1.70 bits per heavy atom. The molecule has 3 aromatic rings. The molecule has 3 heterocycles. The maximum atomic E-state index is 12.9. The number of likely N-dealkylation sites (tertiary alicyclic amines) is 1. The van der Waals surface area contributed by atoms with Crippen molar-refractivity contribution in [1.29, 1.82) is 0 Å². The maximum absolute atomic E-state index is 12.9. The molecule has 40 heavy (non-hydrogen) atoms. The molecule has 0 spiro atoms. The van der Waals surface area contributed by atoms with Crippen LogP contribution in [0.2, 0.25) is 0 Å². The number of aromatic nitrogens is 2. The van der Waals surface area contributed by atoms with Gasteiger partial charge in [0.05, 0.1) is 5.60 Å². The molecule has 3 N–H and O–H groups in total. The minimum atomic E-state index is -1.03. The van der Waals surface area contributed by atoms with Gasteiger partial charge in [-0.05, 0) is 67.4 Å². The van der Waals surface area contributed by atoms with Crippen LogP contribution in [0.3, 0.4) is 0 Å². The average molecular weight is 543 g/mol. The number of nitrogens with one attached hydrogen (secondary N) is 2. The molecule has 2 aliphatic rings. The number of amides is 1. The van der Waals surface area contributed by atoms with Crippen LogP contribution >= 0.6 is 0 Å². The Balaban J connectivity index is 1.12. The van der Waals surface area contributed by atoms with Crippen molar-refractivity contribution in [3.05, 3.63) is 83.7 Å². The average Bonchev–Trinajstić information content (AvgIpc) is 2.97. The minimum Gasteiger partial charge on any atom is -0.386 e. The summed E-state index contributed by atoms with van der Waals surface area (Å²) in [6.45, 7) is 9.89. The summed E-state index contributed by atoms with van der Waals surface area (Å²) in [6, 6.07) is 20.0. The van der Waals surface area contributed by atoms with Crippen molar-refractivity contribution < 1.29 is 9.90 Å². The fourth-order valence-corrected chi connectivity index (χ4v) is 5.54. The van der Waals surface area contributed by atoms with Crippen LogP contribution in [0.5, 0.6) is 0 Å². The van der Waals surface area contributed by atoms with Crippen molar-refractivity contribution in [2.24, 2.45) is 5.41 Å². The van der Waals surface area contributed by atoms with Gasteiger partial charge in [-0.15, -0.1) is 0 Å². The Morgan fingerprint density at radius 3 is 2.45 bits per heavy atom. The van der Waals surface area contributed by atoms with Crippen LogP contribution in [0.1, 0.15) is 61.0 Å². The minimum absolute atomic E-state index is 0.161. The third kappa shape index (κ3) is 7.58. The fraction of sp³-hybridized carbons (Fsp3) is 0.469. The highest BCUT2D eigenvalue weighted by Crippen LogP contribution is 2.30. The molecule has 1 amide bonds. The first-order chi connectivity index (χ1) is 19.3. The number of hydrogen-bond acceptors (Lipinski definition) is 7. The highest BCUT2D eigenvalue weighted by atomic mass is 16.3. The second-order valence-corrected chi connectivity index (χ2v) is 12.2. The first kappa shape index (κ1) is 28.1. The van der Waals surface area contributed by atoms with Gasteiger partial charge in [0.2, 0.25) is 0 Å². The molecule has 0 unspecified atom stereocenters. The van der Waals surface area contributed by atoms with Gasteiger partial charge in [0.25, 0.3) is 5.91 Å². The molecule has 8 nitrogen and oxygen atoms in total. The van der Waals surface area contributed by atoms with E-state index in [1.54, 1.807) is 6.33 Å². The lowest BCUT2D eigenvalue weighted by Gasteiger charge is -2.39. The summed E-state index contributed by atoms with van der Waals surface area (Å²) in [5.74, 6) is 1.35. The number of rotatable bonds is 9. The first-order valence-electron chi connectivity index (χ1n) is 14.4. The number of carbonyl (C=O) groups excluding carboxylic acids is 1. The van der Waals surface area contributed by atoms with Gasteiger partial charge in [0.1, 0.15) is 18.0 Å². The Bertz CT molecular complexity index is 1260. The molecule has 8 heteroatoms. The van der Waals surface area contributed by atoms with E-state index >= 15 is 0 Å². The van der Waals surface area contributed by atoms with E-state index in [0.717, 1.165) is 44.2 Å². The highest BCUT2D eigenvalue weighted by molar-refractivity contribution is 5.94. The number of β-amino-alcohol motifs (C(OH)–C–C–N with tert-alkyl or cyclic N) is 1. The van der Waals surface area contributed by atoms with E-state index in [9.17, 15) is 9.90 Å². The molecule has 5 rings (SSSR count). The molecule has 0 radical (unpaired) electrons. The second-order valence-electron chi connectivity index (χ2n) is 12.2. The number of piperidine rings is 2. The van der Waals surface area contributed by atoms with Crippen LogP contribution in [0.25, 0.3) is 0 Å². The molecule has 2 saturated heterocycles. The molecular weight excluding hydrogens is 500 g/mol. The van der Waals surface area contributed by atoms with Crippen LogP contribution in [-0.4, -0.2) is 64.2 Å². The number of anilines is 2. The van der Waals surface area contributed by atoms with Crippen LogP contribution < -0.4 is 15.5 Å². The van der Waals surface area contributed by atoms with Crippen LogP contribution in [0, 0.1) is 5.41 Å². The van der Waals surface area contributed by atoms with Crippen LogP contribution in [0.4, 0.5) is 11.6 Å². The second kappa shape index (κ2) is 12.4. The summed E-state index contributed by atoms with van der Waals surface area (Å²) >= 11 is 0. The quantitative estimate of drug-likeness (QED) is 0.367. The number of benzene rings is 2. The summed E-state index contributed by atoms with van der Waals surface area (Å²) in [5, 5.41) is 17.7. The molecule has 0 aliphatic carbocycles. The summed E-state index contributed by atoms with van der Waals surface area (Å²) in [6.07, 6.45) is 5.42. The monoisotopic (exact) mass is 542 g/mol. The zero-order valence-corrected chi connectivity index (χ0v) is 23.8. The van der Waals surface area contributed by atoms with Crippen molar-refractivity contribution in [1.82, 2.24) is 20.2 Å². The van der Waals surface area contributed by atoms with E-state index in [0.29, 0.717) is 30.5 Å². The van der Waals surface area contributed by atoms with E-state index in [-0.39, 0.29) is 12.5 Å². The number of carbonyl (C=O) groups is 1. The van der Waals surface area contributed by atoms with Gasteiger partial charge < -0.3 is 20.6 Å². The highest BCUT2D eigenvalue weighted by Gasteiger charge is 2.34. The van der Waals surface area contributed by atoms with Crippen molar-refractivity contribution in [2.75, 3.05) is 42.9 Å². The van der Waals surface area contributed by atoms with Crippen LogP contribution in [-0.2, 0) is 13.1 Å². The zero-order valence-electron chi connectivity index (χ0n) is 23.8. The van der Waals surface area contributed by atoms with E-state index in [1.807, 2.05) is 48.5 Å². The van der Waals surface area contributed by atoms with Gasteiger partial charge in [-0.2, -0.15) is 0 Å². The Kier molecular flexibility index (Phi) is 8.66. The molecule has 0 saturated carbocycles. The molecule has 1 aromatic heterocycles. The van der Waals surface area contributed by atoms with Gasteiger partial charge in [-0.25, -0.2) is 9.97 Å². The predicted molar refractivity (Wildman–Crippen MR) is 159 cm³/mol. The van der Waals surface area contributed by atoms with Crippen molar-refractivity contribution >= 4 is 17.5 Å². The van der Waals surface area contributed by atoms with Gasteiger partial charge >= 0.3 is 0 Å². The molecule has 1 atom stereocenters. The number of nitrogens with zero attached hydrogens (tertiary/aromatic N) is 4. The molecule has 2 aromatic carbocycles. The van der Waals surface area contributed by atoms with Gasteiger partial charge in [-0.3, -0.25) is 9.69 Å². The topological polar surface area (TPSA) is 93.6 Å². The SMILES string of the molecule is CC1(C)CCN(Cc2ccc(C(=O)NC[C@]3(O)CCCN(c4cc(NCc5ccccc5)ncn4)C3)cc2)CC1. The predicted octanol–water partition coefficient (Wildman–Crippen LogP) is 4.47. The van der Waals surface area contributed by atoms with E-state index < -0.39 is 5.60 Å². The summed E-state index contributed by atoms with van der Waals surface area (Å²) in [7, 11) is 0. The van der Waals surface area contributed by atoms with E-state index in [1.165, 1.54) is 24.0 Å². The van der Waals surface area contributed by atoms with Gasteiger partial charge in [0, 0.05) is 44.4 Å².